The molecule has 0 unspecified atom stereocenters. The van der Waals surface area contributed by atoms with Crippen molar-refractivity contribution in [2.75, 3.05) is 39.1 Å². The third-order valence-corrected chi connectivity index (χ3v) is 7.22. The first-order valence-corrected chi connectivity index (χ1v) is 12.3. The van der Waals surface area contributed by atoms with Crippen molar-refractivity contribution in [1.29, 1.82) is 0 Å². The number of nitrogens with one attached hydrogen (secondary N) is 2. The number of rotatable bonds is 10. The first-order valence-electron chi connectivity index (χ1n) is 10.1. The van der Waals surface area contributed by atoms with Gasteiger partial charge in [-0.2, -0.15) is 4.31 Å². The third-order valence-electron chi connectivity index (χ3n) is 4.89. The van der Waals surface area contributed by atoms with E-state index >= 15 is 0 Å². The molecule has 0 aliphatic carbocycles. The summed E-state index contributed by atoms with van der Waals surface area (Å²) in [5, 5.41) is 7.81. The van der Waals surface area contributed by atoms with Crippen LogP contribution in [0.15, 0.2) is 53.6 Å². The number of pyridine rings is 1. The molecule has 8 nitrogen and oxygen atoms in total. The number of halogens is 2. The van der Waals surface area contributed by atoms with E-state index in [1.807, 2.05) is 12.1 Å². The molecule has 0 saturated carbocycles. The molecule has 0 bridgehead atoms. The predicted octanol–water partition coefficient (Wildman–Crippen LogP) is 3.79. The van der Waals surface area contributed by atoms with Gasteiger partial charge in [-0.25, -0.2) is 8.42 Å². The zero-order valence-corrected chi connectivity index (χ0v) is 20.5. The molecule has 176 valence electrons. The summed E-state index contributed by atoms with van der Waals surface area (Å²) >= 11 is 12.0. The largest absolute Gasteiger partial charge is 0.495 e. The van der Waals surface area contributed by atoms with Crippen molar-refractivity contribution >= 4 is 55.7 Å². The fourth-order valence-electron chi connectivity index (χ4n) is 3.15. The summed E-state index contributed by atoms with van der Waals surface area (Å²) < 4.78 is 31.4. The van der Waals surface area contributed by atoms with Crippen molar-refractivity contribution < 1.29 is 17.9 Å². The Morgan fingerprint density at radius 3 is 2.64 bits per heavy atom. The number of likely N-dealkylation sites (N-methyl/N-ethyl adjacent to an activating group) is 1. The molecule has 1 heterocycles. The second-order valence-corrected chi connectivity index (χ2v) is 10.1. The van der Waals surface area contributed by atoms with E-state index in [0.717, 1.165) is 20.9 Å². The van der Waals surface area contributed by atoms with Crippen LogP contribution in [0.25, 0.3) is 10.9 Å². The van der Waals surface area contributed by atoms with E-state index in [-0.39, 0.29) is 16.5 Å². The Morgan fingerprint density at radius 1 is 1.12 bits per heavy atom. The molecule has 11 heteroatoms. The van der Waals surface area contributed by atoms with Gasteiger partial charge in [-0.05, 0) is 48.9 Å². The first kappa shape index (κ1) is 25.0. The second kappa shape index (κ2) is 11.0. The molecule has 0 atom stereocenters. The number of aromatic nitrogens is 1. The smallest absolute Gasteiger partial charge is 0.243 e. The minimum atomic E-state index is -3.87. The summed E-state index contributed by atoms with van der Waals surface area (Å²) in [6.07, 6.45) is 2.35. The molecule has 3 rings (SSSR count). The summed E-state index contributed by atoms with van der Waals surface area (Å²) in [4.78, 5) is 16.5. The van der Waals surface area contributed by atoms with Crippen LogP contribution >= 0.6 is 23.2 Å². The molecule has 33 heavy (non-hydrogen) atoms. The highest BCUT2D eigenvalue weighted by Crippen LogP contribution is 2.28. The van der Waals surface area contributed by atoms with E-state index in [4.69, 9.17) is 27.9 Å². The van der Waals surface area contributed by atoms with Crippen molar-refractivity contribution in [3.8, 4) is 5.75 Å². The average molecular weight is 511 g/mol. The number of amides is 1. The van der Waals surface area contributed by atoms with E-state index in [0.29, 0.717) is 30.3 Å². The van der Waals surface area contributed by atoms with Crippen LogP contribution in [0.5, 0.6) is 5.75 Å². The van der Waals surface area contributed by atoms with Crippen LogP contribution in [-0.4, -0.2) is 57.4 Å². The number of hydrogen-bond acceptors (Lipinski definition) is 6. The lowest BCUT2D eigenvalue weighted by Crippen LogP contribution is -2.38. The summed E-state index contributed by atoms with van der Waals surface area (Å²) in [6, 6.07) is 11.5. The van der Waals surface area contributed by atoms with Crippen molar-refractivity contribution in [2.24, 2.45) is 0 Å². The number of methoxy groups -OCH3 is 1. The molecule has 2 N–H and O–H groups in total. The number of hydrogen-bond donors (Lipinski definition) is 2. The lowest BCUT2D eigenvalue weighted by Gasteiger charge is -2.17. The highest BCUT2D eigenvalue weighted by molar-refractivity contribution is 7.89. The van der Waals surface area contributed by atoms with E-state index in [1.54, 1.807) is 18.3 Å². The van der Waals surface area contributed by atoms with Gasteiger partial charge in [0.1, 0.15) is 5.75 Å². The zero-order valence-electron chi connectivity index (χ0n) is 18.1. The minimum absolute atomic E-state index is 0.0151. The van der Waals surface area contributed by atoms with Crippen molar-refractivity contribution in [1.82, 2.24) is 14.6 Å². The molecule has 0 saturated heterocycles. The summed E-state index contributed by atoms with van der Waals surface area (Å²) in [5.41, 5.74) is 1.72. The van der Waals surface area contributed by atoms with Crippen LogP contribution < -0.4 is 15.4 Å². The van der Waals surface area contributed by atoms with Crippen LogP contribution in [0.2, 0.25) is 10.0 Å². The Morgan fingerprint density at radius 2 is 1.91 bits per heavy atom. The summed E-state index contributed by atoms with van der Waals surface area (Å²) in [7, 11) is -1.09. The predicted molar refractivity (Wildman–Crippen MR) is 131 cm³/mol. The Hall–Kier alpha value is -2.59. The maximum Gasteiger partial charge on any atom is 0.243 e. The fraction of sp³-hybridized carbons (Fsp3) is 0.273. The summed E-state index contributed by atoms with van der Waals surface area (Å²) in [5.74, 6) is -0.0298. The molecule has 1 aromatic heterocycles. The fourth-order valence-corrected chi connectivity index (χ4v) is 4.79. The molecule has 3 aromatic rings. The molecular formula is C22H24Cl2N4O4S. The molecule has 0 spiro atoms. The van der Waals surface area contributed by atoms with Crippen LogP contribution in [0, 0.1) is 0 Å². The number of sulfonamides is 1. The van der Waals surface area contributed by atoms with Crippen LogP contribution in [0.4, 0.5) is 5.69 Å². The highest BCUT2D eigenvalue weighted by Gasteiger charge is 2.23. The Balaban J connectivity index is 1.47. The van der Waals surface area contributed by atoms with E-state index < -0.39 is 15.9 Å². The SMILES string of the molecule is COc1ccc(S(=O)(=O)N(C)CC(=O)NCCCNc2ccnc3cc(Cl)ccc23)cc1Cl. The minimum Gasteiger partial charge on any atom is -0.495 e. The standard InChI is InChI=1S/C22H24Cl2N4O4S/c1-28(33(30,31)16-5-7-21(32-2)18(24)13-16)14-22(29)27-10-3-9-25-19-8-11-26-20-12-15(23)4-6-17(19)20/h4-8,11-13H,3,9-10,14H2,1-2H3,(H,25,26)(H,27,29). The van der Waals surface area contributed by atoms with Crippen molar-refractivity contribution in [2.45, 2.75) is 11.3 Å². The quantitative estimate of drug-likeness (QED) is 0.402. The average Bonchev–Trinajstić information content (AvgIpc) is 2.78. The topological polar surface area (TPSA) is 101 Å². The van der Waals surface area contributed by atoms with E-state index in [2.05, 4.69) is 15.6 Å². The van der Waals surface area contributed by atoms with Gasteiger partial charge in [0.05, 0.1) is 29.1 Å². The number of anilines is 1. The zero-order chi connectivity index (χ0) is 24.0. The number of fused-ring (bicyclic) bond motifs is 1. The number of carbonyl (C=O) groups is 1. The van der Waals surface area contributed by atoms with E-state index in [9.17, 15) is 13.2 Å². The molecule has 0 fully saturated rings. The molecule has 2 aromatic carbocycles. The molecule has 1 amide bonds. The lowest BCUT2D eigenvalue weighted by molar-refractivity contribution is -0.121. The molecule has 0 radical (unpaired) electrons. The third kappa shape index (κ3) is 6.26. The van der Waals surface area contributed by atoms with Gasteiger partial charge >= 0.3 is 0 Å². The Labute approximate surface area is 202 Å². The number of nitrogens with zero attached hydrogens (tertiary/aromatic N) is 2. The first-order chi connectivity index (χ1) is 15.7. The van der Waals surface area contributed by atoms with Gasteiger partial charge in [0.2, 0.25) is 15.9 Å². The number of ether oxygens (including phenoxy) is 1. The van der Waals surface area contributed by atoms with Crippen LogP contribution in [0.3, 0.4) is 0 Å². The van der Waals surface area contributed by atoms with Crippen molar-refractivity contribution in [3.63, 3.8) is 0 Å². The Bertz CT molecular complexity index is 1250. The number of benzene rings is 2. The monoisotopic (exact) mass is 510 g/mol. The highest BCUT2D eigenvalue weighted by atomic mass is 35.5. The van der Waals surface area contributed by atoms with Gasteiger partial charge in [-0.3, -0.25) is 9.78 Å². The molecular weight excluding hydrogens is 487 g/mol. The number of carbonyl (C=O) groups excluding carboxylic acids is 1. The van der Waals surface area contributed by atoms with Gasteiger partial charge in [0.25, 0.3) is 0 Å². The van der Waals surface area contributed by atoms with E-state index in [1.165, 1.54) is 32.4 Å². The van der Waals surface area contributed by atoms with Gasteiger partial charge in [0.15, 0.2) is 0 Å². The Kier molecular flexibility index (Phi) is 8.36. The second-order valence-electron chi connectivity index (χ2n) is 7.21. The van der Waals surface area contributed by atoms with Crippen LogP contribution in [-0.2, 0) is 14.8 Å². The van der Waals surface area contributed by atoms with Gasteiger partial charge in [-0.15, -0.1) is 0 Å². The van der Waals surface area contributed by atoms with Gasteiger partial charge < -0.3 is 15.4 Å². The molecule has 0 aliphatic rings. The van der Waals surface area contributed by atoms with Crippen LogP contribution in [0.1, 0.15) is 6.42 Å². The maximum absolute atomic E-state index is 12.7. The van der Waals surface area contributed by atoms with Gasteiger partial charge in [-0.1, -0.05) is 23.2 Å². The molecule has 0 aliphatic heterocycles. The maximum atomic E-state index is 12.7. The lowest BCUT2D eigenvalue weighted by atomic mass is 10.2. The van der Waals surface area contributed by atoms with Crippen molar-refractivity contribution in [3.05, 3.63) is 58.7 Å². The van der Waals surface area contributed by atoms with Gasteiger partial charge in [0, 0.05) is 42.4 Å². The normalized spacial score (nSPS) is 11.5. The summed E-state index contributed by atoms with van der Waals surface area (Å²) in [6.45, 7) is 0.693.